The third-order valence-corrected chi connectivity index (χ3v) is 5.52. The number of aliphatic hydroxyl groups excluding tert-OH is 1. The Morgan fingerprint density at radius 3 is 2.26 bits per heavy atom. The van der Waals surface area contributed by atoms with Gasteiger partial charge in [-0.25, -0.2) is 4.79 Å². The Kier molecular flexibility index (Phi) is 8.65. The molecule has 0 amide bonds. The Hall–Kier alpha value is -3.65. The van der Waals surface area contributed by atoms with E-state index >= 15 is 0 Å². The van der Waals surface area contributed by atoms with Crippen LogP contribution in [-0.2, 0) is 12.8 Å². The first-order valence-electron chi connectivity index (χ1n) is 11.7. The number of fused-ring (bicyclic) bond motifs is 1. The summed E-state index contributed by atoms with van der Waals surface area (Å²) in [6, 6.07) is 9.36. The van der Waals surface area contributed by atoms with Gasteiger partial charge in [-0.3, -0.25) is 9.59 Å². The van der Waals surface area contributed by atoms with E-state index < -0.39 is 23.3 Å². The number of aliphatic hydroxyl groups is 1. The molecule has 1 unspecified atom stereocenters. The minimum atomic E-state index is -1.33. The van der Waals surface area contributed by atoms with E-state index in [1.54, 1.807) is 18.2 Å². The molecule has 1 atom stereocenters. The first kappa shape index (κ1) is 26.0. The lowest BCUT2D eigenvalue weighted by molar-refractivity contribution is 0.0619. The van der Waals surface area contributed by atoms with Crippen LogP contribution in [0.3, 0.4) is 0 Å². The summed E-state index contributed by atoms with van der Waals surface area (Å²) >= 11 is 0. The van der Waals surface area contributed by atoms with E-state index in [1.165, 1.54) is 13.0 Å². The fourth-order valence-corrected chi connectivity index (χ4v) is 3.81. The number of ketones is 1. The predicted molar refractivity (Wildman–Crippen MR) is 131 cm³/mol. The third kappa shape index (κ3) is 6.27. The Bertz CT molecular complexity index is 1270. The molecule has 3 aromatic rings. The van der Waals surface area contributed by atoms with Crippen molar-refractivity contribution in [2.45, 2.75) is 52.6 Å². The van der Waals surface area contributed by atoms with Crippen LogP contribution in [0.5, 0.6) is 11.5 Å². The van der Waals surface area contributed by atoms with Crippen molar-refractivity contribution in [2.24, 2.45) is 0 Å². The van der Waals surface area contributed by atoms with Crippen LogP contribution in [0.2, 0.25) is 0 Å². The fourth-order valence-electron chi connectivity index (χ4n) is 3.81. The van der Waals surface area contributed by atoms with E-state index in [1.807, 2.05) is 19.9 Å². The van der Waals surface area contributed by atoms with Crippen molar-refractivity contribution in [1.82, 2.24) is 0 Å². The first-order chi connectivity index (χ1) is 16.7. The molecule has 0 bridgehead atoms. The van der Waals surface area contributed by atoms with Gasteiger partial charge in [-0.2, -0.15) is 0 Å². The van der Waals surface area contributed by atoms with Crippen molar-refractivity contribution in [3.05, 3.63) is 69.1 Å². The second-order valence-corrected chi connectivity index (χ2v) is 8.35. The average molecular weight is 483 g/mol. The number of ether oxygens (including phenoxy) is 2. The zero-order valence-electron chi connectivity index (χ0n) is 20.1. The van der Waals surface area contributed by atoms with Gasteiger partial charge in [0.1, 0.15) is 36.4 Å². The summed E-state index contributed by atoms with van der Waals surface area (Å²) in [5.74, 6) is -0.780. The van der Waals surface area contributed by atoms with Crippen molar-refractivity contribution < 1.29 is 33.7 Å². The molecule has 0 saturated heterocycles. The second kappa shape index (κ2) is 11.7. The van der Waals surface area contributed by atoms with Crippen molar-refractivity contribution in [1.29, 1.82) is 0 Å². The minimum absolute atomic E-state index is 0.0214. The van der Waals surface area contributed by atoms with Gasteiger partial charge in [0.15, 0.2) is 11.2 Å². The molecule has 35 heavy (non-hydrogen) atoms. The van der Waals surface area contributed by atoms with Gasteiger partial charge in [-0.1, -0.05) is 26.7 Å². The van der Waals surface area contributed by atoms with Gasteiger partial charge in [0.05, 0.1) is 5.39 Å². The quantitative estimate of drug-likeness (QED) is 0.364. The standard InChI is InChI=1S/C27H30O8/c1-4-6-18-12-17(16(3)28)8-10-23(18)33-14-19(29)15-34-24-11-9-20-22(30)13-25(27(31)32)35-26(20)21(24)7-5-2/h8-13,19,29H,4-7,14-15H2,1-3H3,(H,31,32). The highest BCUT2D eigenvalue weighted by Crippen LogP contribution is 2.29. The molecule has 1 heterocycles. The molecule has 3 rings (SSSR count). The molecule has 0 fully saturated rings. The van der Waals surface area contributed by atoms with E-state index in [2.05, 4.69) is 0 Å². The second-order valence-electron chi connectivity index (χ2n) is 8.35. The first-order valence-corrected chi connectivity index (χ1v) is 11.7. The zero-order valence-corrected chi connectivity index (χ0v) is 20.1. The van der Waals surface area contributed by atoms with Crippen LogP contribution < -0.4 is 14.9 Å². The number of aromatic carboxylic acids is 1. The van der Waals surface area contributed by atoms with Gasteiger partial charge < -0.3 is 24.1 Å². The van der Waals surface area contributed by atoms with Crippen LogP contribution >= 0.6 is 0 Å². The smallest absolute Gasteiger partial charge is 0.371 e. The van der Waals surface area contributed by atoms with Crippen LogP contribution in [-0.4, -0.2) is 41.3 Å². The fraction of sp³-hybridized carbons (Fsp3) is 0.370. The van der Waals surface area contributed by atoms with E-state index in [0.717, 1.165) is 24.5 Å². The topological polar surface area (TPSA) is 123 Å². The highest BCUT2D eigenvalue weighted by molar-refractivity contribution is 5.94. The van der Waals surface area contributed by atoms with E-state index in [9.17, 15) is 24.6 Å². The summed E-state index contributed by atoms with van der Waals surface area (Å²) in [5.41, 5.74) is 1.82. The lowest BCUT2D eigenvalue weighted by Crippen LogP contribution is -2.25. The number of hydrogen-bond donors (Lipinski definition) is 2. The molecule has 8 nitrogen and oxygen atoms in total. The number of benzene rings is 2. The lowest BCUT2D eigenvalue weighted by Gasteiger charge is -2.18. The number of hydrogen-bond acceptors (Lipinski definition) is 7. The number of carboxylic acid groups (broad SMARTS) is 1. The number of aryl methyl sites for hydroxylation is 2. The summed E-state index contributed by atoms with van der Waals surface area (Å²) in [5, 5.41) is 20.0. The maximum Gasteiger partial charge on any atom is 0.371 e. The van der Waals surface area contributed by atoms with Gasteiger partial charge in [0.2, 0.25) is 5.76 Å². The number of rotatable bonds is 12. The minimum Gasteiger partial charge on any atom is -0.490 e. The monoisotopic (exact) mass is 482 g/mol. The molecular weight excluding hydrogens is 452 g/mol. The van der Waals surface area contributed by atoms with Crippen LogP contribution in [0.25, 0.3) is 11.0 Å². The molecule has 0 aliphatic heterocycles. The van der Waals surface area contributed by atoms with Crippen LogP contribution in [0, 0.1) is 0 Å². The molecule has 0 aliphatic rings. The number of carboxylic acids is 1. The molecule has 0 spiro atoms. The largest absolute Gasteiger partial charge is 0.490 e. The molecule has 2 aromatic carbocycles. The summed E-state index contributed by atoms with van der Waals surface area (Å²) in [7, 11) is 0. The van der Waals surface area contributed by atoms with Crippen LogP contribution in [0.15, 0.2) is 45.6 Å². The Morgan fingerprint density at radius 1 is 0.971 bits per heavy atom. The molecular formula is C27H30O8. The maximum absolute atomic E-state index is 12.4. The maximum atomic E-state index is 12.4. The summed E-state index contributed by atoms with van der Waals surface area (Å²) < 4.78 is 17.2. The van der Waals surface area contributed by atoms with E-state index in [4.69, 9.17) is 13.9 Å². The van der Waals surface area contributed by atoms with Crippen molar-refractivity contribution in [3.63, 3.8) is 0 Å². The Labute approximate surface area is 203 Å². The van der Waals surface area contributed by atoms with Crippen molar-refractivity contribution >= 4 is 22.7 Å². The van der Waals surface area contributed by atoms with Crippen LogP contribution in [0.1, 0.15) is 65.7 Å². The van der Waals surface area contributed by atoms with Gasteiger partial charge in [-0.15, -0.1) is 0 Å². The SMILES string of the molecule is CCCc1cc(C(C)=O)ccc1OCC(O)COc1ccc2c(=O)cc(C(=O)O)oc2c1CCC. The molecule has 0 aliphatic carbocycles. The molecule has 0 saturated carbocycles. The number of Topliss-reactive ketones (excluding diaryl/α,β-unsaturated/α-hetero) is 1. The normalized spacial score (nSPS) is 11.9. The van der Waals surface area contributed by atoms with Gasteiger partial charge >= 0.3 is 5.97 Å². The lowest BCUT2D eigenvalue weighted by atomic mass is 10.0. The summed E-state index contributed by atoms with van der Waals surface area (Å²) in [6.07, 6.45) is 1.86. The molecule has 2 N–H and O–H groups in total. The molecule has 0 radical (unpaired) electrons. The Balaban J connectivity index is 1.75. The third-order valence-electron chi connectivity index (χ3n) is 5.52. The summed E-state index contributed by atoms with van der Waals surface area (Å²) in [6.45, 7) is 5.38. The van der Waals surface area contributed by atoms with Crippen LogP contribution in [0.4, 0.5) is 0 Å². The van der Waals surface area contributed by atoms with Gasteiger partial charge in [-0.05, 0) is 55.7 Å². The van der Waals surface area contributed by atoms with Crippen molar-refractivity contribution in [3.8, 4) is 11.5 Å². The van der Waals surface area contributed by atoms with E-state index in [0.29, 0.717) is 35.5 Å². The molecule has 186 valence electrons. The molecule has 1 aromatic heterocycles. The molecule has 8 heteroatoms. The van der Waals surface area contributed by atoms with Gasteiger partial charge in [0.25, 0.3) is 0 Å². The predicted octanol–water partition coefficient (Wildman–Crippen LogP) is 4.42. The highest BCUT2D eigenvalue weighted by atomic mass is 16.5. The average Bonchev–Trinajstić information content (AvgIpc) is 2.82. The Morgan fingerprint density at radius 2 is 1.63 bits per heavy atom. The number of carbonyl (C=O) groups is 2. The number of carbonyl (C=O) groups excluding carboxylic acids is 1. The summed E-state index contributed by atoms with van der Waals surface area (Å²) in [4.78, 5) is 35.4. The highest BCUT2D eigenvalue weighted by Gasteiger charge is 2.18. The zero-order chi connectivity index (χ0) is 25.5. The van der Waals surface area contributed by atoms with Gasteiger partial charge in [0, 0.05) is 17.2 Å². The van der Waals surface area contributed by atoms with E-state index in [-0.39, 0.29) is 30.0 Å². The van der Waals surface area contributed by atoms with Crippen molar-refractivity contribution in [2.75, 3.05) is 13.2 Å².